The zero-order valence-corrected chi connectivity index (χ0v) is 51.0. The molecule has 0 spiro atoms. The van der Waals surface area contributed by atoms with Crippen LogP contribution in [0.15, 0.2) is 97.2 Å². The van der Waals surface area contributed by atoms with Crippen LogP contribution >= 0.6 is 0 Å². The fourth-order valence-electron chi connectivity index (χ4n) is 8.73. The molecule has 0 aromatic heterocycles. The van der Waals surface area contributed by atoms with E-state index in [9.17, 15) is 19.5 Å². The highest BCUT2D eigenvalue weighted by atomic mass is 16.7. The van der Waals surface area contributed by atoms with E-state index in [1.165, 1.54) is 135 Å². The van der Waals surface area contributed by atoms with E-state index in [-0.39, 0.29) is 38.6 Å². The lowest BCUT2D eigenvalue weighted by Gasteiger charge is -2.26. The molecule has 0 aromatic rings. The molecule has 0 aromatic carbocycles. The average molecular weight is 1090 g/mol. The van der Waals surface area contributed by atoms with Gasteiger partial charge < -0.3 is 33.3 Å². The van der Waals surface area contributed by atoms with E-state index < -0.39 is 24.3 Å². The Balaban J connectivity index is 4.27. The lowest BCUT2D eigenvalue weighted by Crippen LogP contribution is -2.44. The molecule has 2 unspecified atom stereocenters. The number of rotatable bonds is 58. The van der Waals surface area contributed by atoms with Gasteiger partial charge in [0.25, 0.3) is 0 Å². The van der Waals surface area contributed by atoms with E-state index in [2.05, 4.69) is 111 Å². The molecule has 0 aliphatic rings. The second-order valence-corrected chi connectivity index (χ2v) is 22.3. The second kappa shape index (κ2) is 59.3. The van der Waals surface area contributed by atoms with Crippen LogP contribution in [-0.4, -0.2) is 82.3 Å². The van der Waals surface area contributed by atoms with E-state index >= 15 is 0 Å². The number of esters is 2. The molecule has 9 nitrogen and oxygen atoms in total. The molecule has 0 heterocycles. The fourth-order valence-corrected chi connectivity index (χ4v) is 8.73. The van der Waals surface area contributed by atoms with Crippen molar-refractivity contribution in [1.82, 2.24) is 0 Å². The smallest absolute Gasteiger partial charge is 0.306 e. The Morgan fingerprint density at radius 1 is 0.397 bits per heavy atom. The maximum Gasteiger partial charge on any atom is 0.306 e. The van der Waals surface area contributed by atoms with Gasteiger partial charge in [0, 0.05) is 12.8 Å². The summed E-state index contributed by atoms with van der Waals surface area (Å²) in [6, 6.07) is 0. The van der Waals surface area contributed by atoms with Crippen molar-refractivity contribution in [2.24, 2.45) is 0 Å². The van der Waals surface area contributed by atoms with Crippen LogP contribution < -0.4 is 5.11 Å². The van der Waals surface area contributed by atoms with Crippen molar-refractivity contribution in [2.75, 3.05) is 47.5 Å². The van der Waals surface area contributed by atoms with Gasteiger partial charge in [-0.2, -0.15) is 0 Å². The Kier molecular flexibility index (Phi) is 56.5. The van der Waals surface area contributed by atoms with E-state index in [0.717, 1.165) is 96.3 Å². The molecular weight excluding hydrogens is 971 g/mol. The van der Waals surface area contributed by atoms with Crippen LogP contribution in [0.4, 0.5) is 0 Å². The van der Waals surface area contributed by atoms with E-state index in [1.54, 1.807) is 0 Å². The van der Waals surface area contributed by atoms with Crippen LogP contribution in [-0.2, 0) is 33.3 Å². The molecule has 448 valence electrons. The third-order valence-corrected chi connectivity index (χ3v) is 13.6. The number of likely N-dealkylation sites (N-methyl/N-ethyl adjacent to an activating group) is 1. The predicted molar refractivity (Wildman–Crippen MR) is 329 cm³/mol. The van der Waals surface area contributed by atoms with Gasteiger partial charge in [-0.3, -0.25) is 9.59 Å². The molecule has 0 bridgehead atoms. The number of unbranched alkanes of at least 4 members (excludes halogenated alkanes) is 27. The monoisotopic (exact) mass is 1090 g/mol. The molecule has 0 aliphatic heterocycles. The first-order valence-corrected chi connectivity index (χ1v) is 31.9. The Morgan fingerprint density at radius 2 is 0.731 bits per heavy atom. The van der Waals surface area contributed by atoms with Crippen molar-refractivity contribution in [3.63, 3.8) is 0 Å². The number of hydrogen-bond donors (Lipinski definition) is 0. The largest absolute Gasteiger partial charge is 0.545 e. The van der Waals surface area contributed by atoms with Crippen molar-refractivity contribution >= 4 is 17.9 Å². The third kappa shape index (κ3) is 59.9. The summed E-state index contributed by atoms with van der Waals surface area (Å²) >= 11 is 0. The SMILES string of the molecule is CC/C=C\C/C=C\C/C=C\C/C=C\C/C=C\C/C=C\C/C=C\C/C=C\CCCCCCC(=O)OC(COC(=O)CCCCCCCCCCCCCCCCCCCCCCCCCC)COC(OCC[N+](C)(C)C)C(=O)[O-]. The normalized spacial score (nSPS) is 13.4. The van der Waals surface area contributed by atoms with Crippen molar-refractivity contribution in [1.29, 1.82) is 0 Å². The molecule has 0 saturated heterocycles. The summed E-state index contributed by atoms with van der Waals surface area (Å²) in [5.41, 5.74) is 0. The van der Waals surface area contributed by atoms with Crippen molar-refractivity contribution in [3.05, 3.63) is 97.2 Å². The second-order valence-electron chi connectivity index (χ2n) is 22.3. The average Bonchev–Trinajstić information content (AvgIpc) is 3.41. The number of nitrogens with zero attached hydrogens (tertiary/aromatic N) is 1. The highest BCUT2D eigenvalue weighted by molar-refractivity contribution is 5.70. The minimum atomic E-state index is -1.63. The summed E-state index contributed by atoms with van der Waals surface area (Å²) in [7, 11) is 5.91. The van der Waals surface area contributed by atoms with Gasteiger partial charge in [0.05, 0.1) is 40.3 Å². The van der Waals surface area contributed by atoms with Crippen LogP contribution in [0.2, 0.25) is 0 Å². The minimum Gasteiger partial charge on any atom is -0.545 e. The quantitative estimate of drug-likeness (QED) is 0.0195. The molecule has 2 atom stereocenters. The van der Waals surface area contributed by atoms with E-state index in [1.807, 2.05) is 21.1 Å². The minimum absolute atomic E-state index is 0.139. The summed E-state index contributed by atoms with van der Waals surface area (Å²) < 4.78 is 22.7. The zero-order valence-electron chi connectivity index (χ0n) is 51.0. The number of carbonyl (C=O) groups is 3. The van der Waals surface area contributed by atoms with Crippen LogP contribution in [0.5, 0.6) is 0 Å². The summed E-state index contributed by atoms with van der Waals surface area (Å²) in [4.78, 5) is 37.4. The first kappa shape index (κ1) is 74.2. The molecule has 0 radical (unpaired) electrons. The summed E-state index contributed by atoms with van der Waals surface area (Å²) in [5.74, 6) is -2.31. The maximum atomic E-state index is 12.9. The molecule has 0 amide bonds. The maximum absolute atomic E-state index is 12.9. The molecule has 0 N–H and O–H groups in total. The Hall–Kier alpha value is -3.79. The van der Waals surface area contributed by atoms with Gasteiger partial charge in [0.2, 0.25) is 0 Å². The standard InChI is InChI=1S/C69H119NO8/c1-6-8-10-12-14-16-18-20-22-24-26-28-30-32-33-34-35-36-38-40-42-44-46-48-50-52-54-56-58-60-67(72)78-65(64-77-69(68(73)74)75-62-61-70(3,4)5)63-76-66(71)59-57-55-53-51-49-47-45-43-41-39-37-31-29-27-25-23-21-19-17-15-13-11-9-7-2/h8,10,14,16,20,22,26,28,32-33,35-36,40,42,46,48,65,69H,6-7,9,11-13,15,17-19,21,23-25,27,29-31,34,37-39,41,43-45,47,49-64H2,1-5H3/b10-8-,16-14-,22-20-,28-26-,33-32-,36-35-,42-40-,48-46-. The van der Waals surface area contributed by atoms with E-state index in [4.69, 9.17) is 18.9 Å². The van der Waals surface area contributed by atoms with Gasteiger partial charge in [-0.15, -0.1) is 0 Å². The number of ether oxygens (including phenoxy) is 4. The van der Waals surface area contributed by atoms with Crippen molar-refractivity contribution < 1.29 is 42.9 Å². The van der Waals surface area contributed by atoms with Gasteiger partial charge >= 0.3 is 11.9 Å². The number of carboxylic acid groups (broad SMARTS) is 1. The molecule has 78 heavy (non-hydrogen) atoms. The predicted octanol–water partition coefficient (Wildman–Crippen LogP) is 18.0. The summed E-state index contributed by atoms with van der Waals surface area (Å²) in [5, 5.41) is 11.8. The molecular formula is C69H119NO8. The van der Waals surface area contributed by atoms with E-state index in [0.29, 0.717) is 17.4 Å². The van der Waals surface area contributed by atoms with Crippen LogP contribution in [0.1, 0.15) is 264 Å². The Morgan fingerprint density at radius 3 is 1.09 bits per heavy atom. The first-order valence-electron chi connectivity index (χ1n) is 31.9. The number of carboxylic acids is 1. The number of allylic oxidation sites excluding steroid dienone is 16. The zero-order chi connectivity index (χ0) is 56.9. The molecule has 0 fully saturated rings. The topological polar surface area (TPSA) is 111 Å². The Bertz CT molecular complexity index is 1600. The highest BCUT2D eigenvalue weighted by Crippen LogP contribution is 2.17. The Labute approximate surface area is 480 Å². The molecule has 0 aliphatic carbocycles. The number of carbonyl (C=O) groups excluding carboxylic acids is 3. The molecule has 0 saturated carbocycles. The summed E-state index contributed by atoms with van der Waals surface area (Å²) in [6.45, 7) is 4.62. The van der Waals surface area contributed by atoms with Gasteiger partial charge in [0.15, 0.2) is 12.4 Å². The highest BCUT2D eigenvalue weighted by Gasteiger charge is 2.22. The van der Waals surface area contributed by atoms with Crippen LogP contribution in [0.25, 0.3) is 0 Å². The molecule has 0 rings (SSSR count). The number of quaternary nitrogens is 1. The van der Waals surface area contributed by atoms with Crippen LogP contribution in [0, 0.1) is 0 Å². The lowest BCUT2D eigenvalue weighted by molar-refractivity contribution is -0.870. The van der Waals surface area contributed by atoms with Crippen molar-refractivity contribution in [2.45, 2.75) is 277 Å². The number of hydrogen-bond acceptors (Lipinski definition) is 8. The molecule has 9 heteroatoms. The van der Waals surface area contributed by atoms with Gasteiger partial charge in [0.1, 0.15) is 13.2 Å². The number of aliphatic carboxylic acids is 1. The van der Waals surface area contributed by atoms with Crippen LogP contribution in [0.3, 0.4) is 0 Å². The third-order valence-electron chi connectivity index (χ3n) is 13.6. The summed E-state index contributed by atoms with van der Waals surface area (Å²) in [6.07, 6.45) is 77.5. The van der Waals surface area contributed by atoms with Gasteiger partial charge in [-0.1, -0.05) is 272 Å². The van der Waals surface area contributed by atoms with Gasteiger partial charge in [-0.25, -0.2) is 0 Å². The van der Waals surface area contributed by atoms with Gasteiger partial charge in [-0.05, 0) is 77.0 Å². The fraction of sp³-hybridized carbons (Fsp3) is 0.725. The first-order chi connectivity index (χ1) is 38.1. The van der Waals surface area contributed by atoms with Crippen molar-refractivity contribution in [3.8, 4) is 0 Å². The lowest BCUT2D eigenvalue weighted by atomic mass is 10.0.